The molecule has 0 bridgehead atoms. The molecule has 1 aliphatic heterocycles. The van der Waals surface area contributed by atoms with E-state index in [-0.39, 0.29) is 18.2 Å². The first-order valence-electron chi connectivity index (χ1n) is 6.89. The Kier molecular flexibility index (Phi) is 5.03. The fraction of sp³-hybridized carbons (Fsp3) is 0.467. The number of piperidine rings is 1. The predicted molar refractivity (Wildman–Crippen MR) is 74.3 cm³/mol. The summed E-state index contributed by atoms with van der Waals surface area (Å²) in [5.41, 5.74) is 0.988. The molecule has 6 heteroatoms. The summed E-state index contributed by atoms with van der Waals surface area (Å²) in [6, 6.07) is 3.74. The van der Waals surface area contributed by atoms with Crippen LogP contribution in [0.4, 0.5) is 0 Å². The number of esters is 1. The van der Waals surface area contributed by atoms with Crippen LogP contribution in [0.3, 0.4) is 0 Å². The van der Waals surface area contributed by atoms with Gasteiger partial charge in [0.05, 0.1) is 13.7 Å². The number of likely N-dealkylation sites (tertiary alicyclic amines) is 1. The first-order chi connectivity index (χ1) is 10.1. The molecule has 2 rings (SSSR count). The highest BCUT2D eigenvalue weighted by molar-refractivity contribution is 6.01. The second kappa shape index (κ2) is 6.97. The topological polar surface area (TPSA) is 76.6 Å². The van der Waals surface area contributed by atoms with Gasteiger partial charge in [0.2, 0.25) is 5.91 Å². The number of hydrogen-bond donors (Lipinski definition) is 0. The van der Waals surface area contributed by atoms with Crippen molar-refractivity contribution in [2.24, 2.45) is 5.92 Å². The minimum Gasteiger partial charge on any atom is -0.468 e. The Bertz CT molecular complexity index is 530. The van der Waals surface area contributed by atoms with Crippen LogP contribution in [0, 0.1) is 5.92 Å². The average Bonchev–Trinajstić information content (AvgIpc) is 2.52. The van der Waals surface area contributed by atoms with E-state index in [9.17, 15) is 14.4 Å². The van der Waals surface area contributed by atoms with Crippen molar-refractivity contribution in [1.82, 2.24) is 9.88 Å². The number of methoxy groups -OCH3 is 1. The highest BCUT2D eigenvalue weighted by atomic mass is 16.5. The molecule has 0 radical (unpaired) electrons. The Balaban J connectivity index is 1.85. The van der Waals surface area contributed by atoms with Crippen LogP contribution in [0.5, 0.6) is 0 Å². The van der Waals surface area contributed by atoms with Gasteiger partial charge in [-0.3, -0.25) is 19.4 Å². The predicted octanol–water partition coefficient (Wildman–Crippen LogP) is 0.605. The summed E-state index contributed by atoms with van der Waals surface area (Å²) < 4.78 is 4.59. The lowest BCUT2D eigenvalue weighted by Crippen LogP contribution is -2.46. The summed E-state index contributed by atoms with van der Waals surface area (Å²) >= 11 is 0. The molecule has 0 saturated carbocycles. The zero-order valence-corrected chi connectivity index (χ0v) is 11.9. The quantitative estimate of drug-likeness (QED) is 0.599. The van der Waals surface area contributed by atoms with Crippen LogP contribution >= 0.6 is 0 Å². The van der Waals surface area contributed by atoms with Gasteiger partial charge >= 0.3 is 5.97 Å². The average molecular weight is 290 g/mol. The fourth-order valence-electron chi connectivity index (χ4n) is 2.38. The monoisotopic (exact) mass is 290 g/mol. The molecule has 1 unspecified atom stereocenters. The molecular weight excluding hydrogens is 272 g/mol. The number of pyridine rings is 1. The number of carbonyl (C=O) groups is 3. The Labute approximate surface area is 123 Å². The normalized spacial score (nSPS) is 18.4. The van der Waals surface area contributed by atoms with E-state index in [1.807, 2.05) is 12.1 Å². The van der Waals surface area contributed by atoms with Gasteiger partial charge in [-0.25, -0.2) is 0 Å². The van der Waals surface area contributed by atoms with Crippen LogP contribution in [0.15, 0.2) is 24.5 Å². The summed E-state index contributed by atoms with van der Waals surface area (Å²) in [5.74, 6) is -1.56. The van der Waals surface area contributed by atoms with Crippen molar-refractivity contribution in [3.8, 4) is 0 Å². The number of nitrogens with zero attached hydrogens (tertiary/aromatic N) is 2. The van der Waals surface area contributed by atoms with E-state index in [0.717, 1.165) is 5.56 Å². The van der Waals surface area contributed by atoms with Crippen LogP contribution in [0.1, 0.15) is 18.4 Å². The van der Waals surface area contributed by atoms with Crippen molar-refractivity contribution in [3.05, 3.63) is 30.1 Å². The lowest BCUT2D eigenvalue weighted by Gasteiger charge is -2.29. The second-order valence-electron chi connectivity index (χ2n) is 5.01. The molecule has 112 valence electrons. The maximum absolute atomic E-state index is 12.1. The van der Waals surface area contributed by atoms with E-state index in [1.165, 1.54) is 12.0 Å². The molecule has 1 aromatic rings. The molecule has 0 aliphatic carbocycles. The zero-order chi connectivity index (χ0) is 15.2. The van der Waals surface area contributed by atoms with Crippen molar-refractivity contribution >= 4 is 17.7 Å². The van der Waals surface area contributed by atoms with Gasteiger partial charge in [-0.2, -0.15) is 0 Å². The van der Waals surface area contributed by atoms with Gasteiger partial charge in [-0.1, -0.05) is 6.07 Å². The van der Waals surface area contributed by atoms with Crippen LogP contribution in [0.2, 0.25) is 0 Å². The van der Waals surface area contributed by atoms with Crippen molar-refractivity contribution < 1.29 is 19.1 Å². The molecule has 1 aliphatic rings. The van der Waals surface area contributed by atoms with Crippen molar-refractivity contribution in [2.45, 2.75) is 19.3 Å². The van der Waals surface area contributed by atoms with Gasteiger partial charge in [0.1, 0.15) is 5.92 Å². The molecular formula is C15H18N2O4. The molecule has 21 heavy (non-hydrogen) atoms. The number of aryl methyl sites for hydroxylation is 1. The molecule has 1 amide bonds. The van der Waals surface area contributed by atoms with Crippen molar-refractivity contribution in [1.29, 1.82) is 0 Å². The van der Waals surface area contributed by atoms with E-state index in [4.69, 9.17) is 0 Å². The Hall–Kier alpha value is -2.24. The number of ether oxygens (including phenoxy) is 1. The van der Waals surface area contributed by atoms with Crippen LogP contribution in [0.25, 0.3) is 0 Å². The highest BCUT2D eigenvalue weighted by Gasteiger charge is 2.34. The largest absolute Gasteiger partial charge is 0.468 e. The molecule has 1 saturated heterocycles. The smallest absolute Gasteiger partial charge is 0.316 e. The SMILES string of the molecule is COC(=O)C1CCN(C(=O)CCc2cccnc2)CC1=O. The number of ketones is 1. The molecule has 1 fully saturated rings. The molecule has 0 spiro atoms. The highest BCUT2D eigenvalue weighted by Crippen LogP contribution is 2.16. The van der Waals surface area contributed by atoms with E-state index in [1.54, 1.807) is 12.4 Å². The van der Waals surface area contributed by atoms with E-state index in [0.29, 0.717) is 25.8 Å². The zero-order valence-electron chi connectivity index (χ0n) is 11.9. The van der Waals surface area contributed by atoms with Gasteiger partial charge in [-0.05, 0) is 24.5 Å². The summed E-state index contributed by atoms with van der Waals surface area (Å²) in [6.45, 7) is 0.406. The summed E-state index contributed by atoms with van der Waals surface area (Å²) in [4.78, 5) is 40.9. The standard InChI is InChI=1S/C15H18N2O4/c1-21-15(20)12-6-8-17(10-13(12)18)14(19)5-4-11-3-2-7-16-9-11/h2-3,7,9,12H,4-6,8,10H2,1H3. The van der Waals surface area contributed by atoms with Gasteiger partial charge < -0.3 is 9.64 Å². The molecule has 0 N–H and O–H groups in total. The molecule has 0 aromatic carbocycles. The number of aromatic nitrogens is 1. The Morgan fingerprint density at radius 1 is 1.48 bits per heavy atom. The molecule has 2 heterocycles. The van der Waals surface area contributed by atoms with Crippen molar-refractivity contribution in [2.75, 3.05) is 20.2 Å². The lowest BCUT2D eigenvalue weighted by atomic mass is 9.95. The number of amides is 1. The van der Waals surface area contributed by atoms with E-state index >= 15 is 0 Å². The third kappa shape index (κ3) is 3.87. The van der Waals surface area contributed by atoms with Gasteiger partial charge in [-0.15, -0.1) is 0 Å². The molecule has 1 aromatic heterocycles. The summed E-state index contributed by atoms with van der Waals surface area (Å²) in [6.07, 6.45) is 4.67. The first-order valence-corrected chi connectivity index (χ1v) is 6.89. The summed E-state index contributed by atoms with van der Waals surface area (Å²) in [5, 5.41) is 0. The minimum atomic E-state index is -0.725. The van der Waals surface area contributed by atoms with Crippen LogP contribution in [-0.2, 0) is 25.5 Å². The van der Waals surface area contributed by atoms with Crippen LogP contribution in [-0.4, -0.2) is 47.7 Å². The third-order valence-corrected chi connectivity index (χ3v) is 3.61. The number of rotatable bonds is 4. The maximum Gasteiger partial charge on any atom is 0.316 e. The number of carbonyl (C=O) groups excluding carboxylic acids is 3. The van der Waals surface area contributed by atoms with E-state index in [2.05, 4.69) is 9.72 Å². The van der Waals surface area contributed by atoms with Crippen molar-refractivity contribution in [3.63, 3.8) is 0 Å². The maximum atomic E-state index is 12.1. The third-order valence-electron chi connectivity index (χ3n) is 3.61. The number of Topliss-reactive ketones (excluding diaryl/α,β-unsaturated/α-hetero) is 1. The fourth-order valence-corrected chi connectivity index (χ4v) is 2.38. The van der Waals surface area contributed by atoms with Gasteiger partial charge in [0.25, 0.3) is 0 Å². The second-order valence-corrected chi connectivity index (χ2v) is 5.01. The Morgan fingerprint density at radius 2 is 2.29 bits per heavy atom. The first kappa shape index (κ1) is 15.2. The lowest BCUT2D eigenvalue weighted by molar-refractivity contribution is -0.154. The number of hydrogen-bond acceptors (Lipinski definition) is 5. The summed E-state index contributed by atoms with van der Waals surface area (Å²) in [7, 11) is 1.26. The van der Waals surface area contributed by atoms with E-state index < -0.39 is 11.9 Å². The minimum absolute atomic E-state index is 0.00829. The molecule has 6 nitrogen and oxygen atoms in total. The molecule has 1 atom stereocenters. The van der Waals surface area contributed by atoms with Gasteiger partial charge in [0.15, 0.2) is 5.78 Å². The van der Waals surface area contributed by atoms with Gasteiger partial charge in [0, 0.05) is 25.4 Å². The Morgan fingerprint density at radius 3 is 2.90 bits per heavy atom. The van der Waals surface area contributed by atoms with Crippen LogP contribution < -0.4 is 0 Å².